The molecule has 2 aliphatic rings. The van der Waals surface area contributed by atoms with Gasteiger partial charge in [-0.15, -0.1) is 0 Å². The van der Waals surface area contributed by atoms with Crippen LogP contribution < -0.4 is 5.69 Å². The van der Waals surface area contributed by atoms with Gasteiger partial charge in [0, 0.05) is 43.5 Å². The van der Waals surface area contributed by atoms with E-state index in [0.717, 1.165) is 17.1 Å². The van der Waals surface area contributed by atoms with Crippen molar-refractivity contribution in [3.8, 4) is 0 Å². The van der Waals surface area contributed by atoms with Crippen LogP contribution in [0.3, 0.4) is 0 Å². The third-order valence-corrected chi connectivity index (χ3v) is 8.37. The normalized spacial score (nSPS) is 21.6. The molecule has 1 aliphatic carbocycles. The van der Waals surface area contributed by atoms with Gasteiger partial charge < -0.3 is 14.5 Å². The van der Waals surface area contributed by atoms with Crippen LogP contribution in [0.25, 0.3) is 11.2 Å². The second-order valence-electron chi connectivity index (χ2n) is 11.0. The number of likely N-dealkylation sites (N-methyl/N-ethyl adjacent to an activating group) is 1. The highest BCUT2D eigenvalue weighted by Crippen LogP contribution is 2.46. The smallest absolute Gasteiger partial charge is 0.410 e. The Kier molecular flexibility index (Phi) is 7.29. The first-order valence-electron chi connectivity index (χ1n) is 13.9. The molecule has 0 radical (unpaired) electrons. The van der Waals surface area contributed by atoms with Gasteiger partial charge in [-0.1, -0.05) is 18.2 Å². The Morgan fingerprint density at radius 1 is 0.976 bits per heavy atom. The van der Waals surface area contributed by atoms with E-state index in [2.05, 4.69) is 15.0 Å². The summed E-state index contributed by atoms with van der Waals surface area (Å²) in [7, 11) is 3.80. The van der Waals surface area contributed by atoms with Crippen molar-refractivity contribution < 1.29 is 18.3 Å². The van der Waals surface area contributed by atoms with Gasteiger partial charge in [-0.3, -0.25) is 14.5 Å². The number of ether oxygens (including phenoxy) is 1. The lowest BCUT2D eigenvalue weighted by Crippen LogP contribution is -2.41. The average molecular weight is 563 g/mol. The Labute approximate surface area is 235 Å². The van der Waals surface area contributed by atoms with Gasteiger partial charge in [-0.2, -0.15) is 0 Å². The summed E-state index contributed by atoms with van der Waals surface area (Å²) >= 11 is 0. The first kappa shape index (κ1) is 27.1. The van der Waals surface area contributed by atoms with E-state index in [0.29, 0.717) is 55.7 Å². The Balaban J connectivity index is 1.21. The molecule has 1 N–H and O–H groups in total. The highest BCUT2D eigenvalue weighted by molar-refractivity contribution is 5.70. The van der Waals surface area contributed by atoms with Gasteiger partial charge in [0.25, 0.3) is 0 Å². The Bertz CT molecular complexity index is 1630. The average Bonchev–Trinajstić information content (AvgIpc) is 3.22. The topological polar surface area (TPSA) is 96.4 Å². The predicted octanol–water partition coefficient (Wildman–Crippen LogP) is 5.09. The number of hydrogen-bond acceptors (Lipinski definition) is 6. The van der Waals surface area contributed by atoms with Crippen molar-refractivity contribution in [2.75, 3.05) is 27.2 Å². The highest BCUT2D eigenvalue weighted by atomic mass is 19.2. The molecule has 9 nitrogen and oxygen atoms in total. The number of piperidine rings is 1. The van der Waals surface area contributed by atoms with E-state index in [-0.39, 0.29) is 23.7 Å². The van der Waals surface area contributed by atoms with Crippen molar-refractivity contribution in [2.45, 2.75) is 49.8 Å². The molecule has 1 fully saturated rings. The molecule has 6 rings (SSSR count). The van der Waals surface area contributed by atoms with Crippen LogP contribution in [0.5, 0.6) is 0 Å². The number of carbonyl (C=O) groups is 1. The van der Waals surface area contributed by atoms with E-state index < -0.39 is 23.8 Å². The molecule has 4 heterocycles. The number of amides is 1. The van der Waals surface area contributed by atoms with Gasteiger partial charge in [0.1, 0.15) is 6.10 Å². The van der Waals surface area contributed by atoms with Gasteiger partial charge in [-0.05, 0) is 75.2 Å². The summed E-state index contributed by atoms with van der Waals surface area (Å²) in [6.45, 7) is 0.865. The van der Waals surface area contributed by atoms with Gasteiger partial charge in [0.2, 0.25) is 0 Å². The number of aromatic amines is 1. The second kappa shape index (κ2) is 11.0. The zero-order valence-electron chi connectivity index (χ0n) is 23.0. The Morgan fingerprint density at radius 2 is 1.71 bits per heavy atom. The molecule has 11 heteroatoms. The van der Waals surface area contributed by atoms with Crippen LogP contribution in [-0.4, -0.2) is 62.6 Å². The Hall–Kier alpha value is -4.12. The fourth-order valence-electron chi connectivity index (χ4n) is 6.50. The third-order valence-electron chi connectivity index (χ3n) is 8.37. The molecule has 0 unspecified atom stereocenters. The van der Waals surface area contributed by atoms with Crippen LogP contribution in [0.2, 0.25) is 0 Å². The number of halogens is 2. The molecule has 3 aromatic heterocycles. The number of carbonyl (C=O) groups excluding carboxylic acids is 1. The molecule has 1 saturated heterocycles. The standard InChI is InChI=1S/C30H32F2N6O3/c1-36(2)27-20(19-6-3-8-22(31)25(19)32)10-11-24(26-21(27)7-4-14-33-26)41-30(40)37-16-12-18(13-17-37)38-23-9-5-15-34-28(23)35-29(38)39/h3-9,14-15,18,20,24,27H,10-13,16-17H2,1-2H3,(H,34,35,39)/t20-,24+,27-/m0/s1. The predicted molar refractivity (Wildman–Crippen MR) is 148 cm³/mol. The zero-order chi connectivity index (χ0) is 28.7. The van der Waals surface area contributed by atoms with Crippen molar-refractivity contribution in [3.05, 3.63) is 93.8 Å². The maximum atomic E-state index is 15.0. The molecule has 3 atom stereocenters. The number of aromatic nitrogens is 4. The number of hydrogen-bond donors (Lipinski definition) is 1. The number of H-pyrrole nitrogens is 1. The number of benzene rings is 1. The number of nitrogens with one attached hydrogen (secondary N) is 1. The minimum atomic E-state index is -0.881. The number of rotatable bonds is 4. The van der Waals surface area contributed by atoms with Crippen LogP contribution in [0.4, 0.5) is 13.6 Å². The van der Waals surface area contributed by atoms with Crippen LogP contribution in [-0.2, 0) is 4.74 Å². The number of imidazole rings is 1. The maximum Gasteiger partial charge on any atom is 0.410 e. The molecule has 4 aromatic rings. The molecule has 41 heavy (non-hydrogen) atoms. The van der Waals surface area contributed by atoms with Crippen molar-refractivity contribution in [1.29, 1.82) is 0 Å². The van der Waals surface area contributed by atoms with Gasteiger partial charge in [0.15, 0.2) is 17.3 Å². The molecule has 1 aliphatic heterocycles. The van der Waals surface area contributed by atoms with Crippen molar-refractivity contribution in [1.82, 2.24) is 29.3 Å². The third kappa shape index (κ3) is 4.99. The lowest BCUT2D eigenvalue weighted by molar-refractivity contribution is 0.0472. The zero-order valence-corrected chi connectivity index (χ0v) is 23.0. The van der Waals surface area contributed by atoms with Gasteiger partial charge in [-0.25, -0.2) is 23.4 Å². The van der Waals surface area contributed by atoms with E-state index >= 15 is 0 Å². The quantitative estimate of drug-likeness (QED) is 0.348. The summed E-state index contributed by atoms with van der Waals surface area (Å²) in [4.78, 5) is 41.3. The van der Waals surface area contributed by atoms with E-state index in [9.17, 15) is 18.4 Å². The number of likely N-dealkylation sites (tertiary alicyclic amines) is 1. The summed E-state index contributed by atoms with van der Waals surface area (Å²) in [5, 5.41) is 0. The van der Waals surface area contributed by atoms with Crippen molar-refractivity contribution in [3.63, 3.8) is 0 Å². The van der Waals surface area contributed by atoms with Crippen molar-refractivity contribution in [2.24, 2.45) is 0 Å². The van der Waals surface area contributed by atoms with E-state index in [1.807, 2.05) is 37.2 Å². The second-order valence-corrected chi connectivity index (χ2v) is 11.0. The summed E-state index contributed by atoms with van der Waals surface area (Å²) in [5.41, 5.74) is 2.85. The SMILES string of the molecule is CN(C)[C@@H]1c2cccnc2[C@H](OC(=O)N2CCC(n3c(=O)[nH]c4ncccc43)CC2)CC[C@H]1c1cccc(F)c1F. The van der Waals surface area contributed by atoms with Crippen LogP contribution in [0.15, 0.2) is 59.7 Å². The molecular formula is C30H32F2N6O3. The fraction of sp³-hybridized carbons (Fsp3) is 0.400. The summed E-state index contributed by atoms with van der Waals surface area (Å²) in [5.74, 6) is -2.10. The van der Waals surface area contributed by atoms with Crippen LogP contribution in [0, 0.1) is 11.6 Å². The minimum absolute atomic E-state index is 0.0625. The van der Waals surface area contributed by atoms with Crippen LogP contribution >= 0.6 is 0 Å². The van der Waals surface area contributed by atoms with E-state index in [1.54, 1.807) is 34.0 Å². The number of fused-ring (bicyclic) bond motifs is 2. The molecule has 1 amide bonds. The minimum Gasteiger partial charge on any atom is -0.440 e. The molecule has 0 bridgehead atoms. The monoisotopic (exact) mass is 562 g/mol. The fourth-order valence-corrected chi connectivity index (χ4v) is 6.50. The first-order chi connectivity index (χ1) is 19.8. The highest BCUT2D eigenvalue weighted by Gasteiger charge is 2.38. The maximum absolute atomic E-state index is 15.0. The summed E-state index contributed by atoms with van der Waals surface area (Å²) in [6.07, 6.45) is 4.29. The summed E-state index contributed by atoms with van der Waals surface area (Å²) in [6, 6.07) is 11.3. The molecule has 1 aromatic carbocycles. The molecule has 0 spiro atoms. The largest absolute Gasteiger partial charge is 0.440 e. The van der Waals surface area contributed by atoms with E-state index in [1.165, 1.54) is 6.07 Å². The number of pyridine rings is 2. The summed E-state index contributed by atoms with van der Waals surface area (Å²) < 4.78 is 37.0. The first-order valence-corrected chi connectivity index (χ1v) is 13.9. The number of nitrogens with zero attached hydrogens (tertiary/aromatic N) is 5. The lowest BCUT2D eigenvalue weighted by Gasteiger charge is -2.33. The van der Waals surface area contributed by atoms with E-state index in [4.69, 9.17) is 4.74 Å². The molecular weight excluding hydrogens is 530 g/mol. The van der Waals surface area contributed by atoms with Crippen LogP contribution in [0.1, 0.15) is 66.6 Å². The van der Waals surface area contributed by atoms with Crippen molar-refractivity contribution >= 4 is 17.3 Å². The van der Waals surface area contributed by atoms with Gasteiger partial charge >= 0.3 is 11.8 Å². The Morgan fingerprint density at radius 3 is 2.49 bits per heavy atom. The lowest BCUT2D eigenvalue weighted by atomic mass is 9.84. The molecule has 0 saturated carbocycles. The molecule has 214 valence electrons. The van der Waals surface area contributed by atoms with Gasteiger partial charge in [0.05, 0.1) is 11.2 Å².